The number of anilines is 1. The Morgan fingerprint density at radius 3 is 2.64 bits per heavy atom. The first-order valence-electron chi connectivity index (χ1n) is 6.87. The van der Waals surface area contributed by atoms with Crippen LogP contribution in [-0.2, 0) is 0 Å². The molecule has 1 atom stereocenters. The summed E-state index contributed by atoms with van der Waals surface area (Å²) in [5.74, 6) is 0.903. The maximum atomic E-state index is 5.99. The van der Waals surface area contributed by atoms with Gasteiger partial charge in [-0.3, -0.25) is 0 Å². The zero-order chi connectivity index (χ0) is 15.5. The van der Waals surface area contributed by atoms with Crippen LogP contribution in [-0.4, -0.2) is 11.7 Å². The van der Waals surface area contributed by atoms with Crippen molar-refractivity contribution in [3.05, 3.63) is 58.1 Å². The van der Waals surface area contributed by atoms with Crippen molar-refractivity contribution in [1.29, 1.82) is 0 Å². The van der Waals surface area contributed by atoms with E-state index in [0.717, 1.165) is 23.4 Å². The van der Waals surface area contributed by atoms with Gasteiger partial charge in [0.15, 0.2) is 5.11 Å². The van der Waals surface area contributed by atoms with Gasteiger partial charge in [-0.15, -0.1) is 0 Å². The Labute approximate surface area is 144 Å². The molecule has 1 aliphatic heterocycles. The molecule has 2 aromatic carbocycles. The predicted molar refractivity (Wildman–Crippen MR) is 95.1 cm³/mol. The van der Waals surface area contributed by atoms with E-state index in [1.807, 2.05) is 24.3 Å². The van der Waals surface area contributed by atoms with E-state index < -0.39 is 0 Å². The van der Waals surface area contributed by atoms with Gasteiger partial charge in [-0.05, 0) is 36.5 Å². The van der Waals surface area contributed by atoms with Crippen LogP contribution in [0.25, 0.3) is 0 Å². The van der Waals surface area contributed by atoms with Gasteiger partial charge in [-0.2, -0.15) is 0 Å². The molecule has 0 aromatic heterocycles. The molecule has 114 valence electrons. The van der Waals surface area contributed by atoms with Crippen molar-refractivity contribution in [2.75, 3.05) is 11.9 Å². The maximum absolute atomic E-state index is 5.99. The molecule has 0 fully saturated rings. The quantitative estimate of drug-likeness (QED) is 0.760. The van der Waals surface area contributed by atoms with Crippen LogP contribution in [0.2, 0.25) is 10.0 Å². The molecule has 2 aromatic rings. The first-order valence-corrected chi connectivity index (χ1v) is 8.03. The smallest absolute Gasteiger partial charge is 0.171 e. The van der Waals surface area contributed by atoms with Gasteiger partial charge in [0.05, 0.1) is 12.6 Å². The van der Waals surface area contributed by atoms with Crippen molar-refractivity contribution in [3.63, 3.8) is 0 Å². The molecule has 3 rings (SSSR count). The number of hydrogen-bond donors (Lipinski definition) is 2. The highest BCUT2D eigenvalue weighted by Gasteiger charge is 2.21. The summed E-state index contributed by atoms with van der Waals surface area (Å²) in [7, 11) is 0. The number of hydrogen-bond acceptors (Lipinski definition) is 2. The molecular weight excluding hydrogens is 339 g/mol. The van der Waals surface area contributed by atoms with E-state index in [1.54, 1.807) is 18.2 Å². The summed E-state index contributed by atoms with van der Waals surface area (Å²) >= 11 is 17.4. The summed E-state index contributed by atoms with van der Waals surface area (Å²) in [6.07, 6.45) is 0.856. The summed E-state index contributed by atoms with van der Waals surface area (Å²) < 4.78 is 5.65. The van der Waals surface area contributed by atoms with Crippen molar-refractivity contribution in [2.45, 2.75) is 12.5 Å². The second-order valence-corrected chi connectivity index (χ2v) is 6.27. The number of thiocarbonyl (C=S) groups is 1. The fourth-order valence-corrected chi connectivity index (χ4v) is 3.23. The lowest BCUT2D eigenvalue weighted by Gasteiger charge is -2.27. The maximum Gasteiger partial charge on any atom is 0.171 e. The van der Waals surface area contributed by atoms with Gasteiger partial charge in [0.2, 0.25) is 0 Å². The van der Waals surface area contributed by atoms with Crippen LogP contribution in [0, 0.1) is 0 Å². The van der Waals surface area contributed by atoms with E-state index in [1.165, 1.54) is 0 Å². The topological polar surface area (TPSA) is 33.3 Å². The normalized spacial score (nSPS) is 16.4. The van der Waals surface area contributed by atoms with Crippen molar-refractivity contribution in [2.24, 2.45) is 0 Å². The number of benzene rings is 2. The van der Waals surface area contributed by atoms with Crippen molar-refractivity contribution in [1.82, 2.24) is 5.32 Å². The lowest BCUT2D eigenvalue weighted by molar-refractivity contribution is 0.262. The van der Waals surface area contributed by atoms with E-state index in [9.17, 15) is 0 Å². The van der Waals surface area contributed by atoms with Gasteiger partial charge in [-0.1, -0.05) is 41.4 Å². The average molecular weight is 353 g/mol. The summed E-state index contributed by atoms with van der Waals surface area (Å²) in [5, 5.41) is 8.08. The van der Waals surface area contributed by atoms with Gasteiger partial charge >= 0.3 is 0 Å². The van der Waals surface area contributed by atoms with Crippen LogP contribution in [0.5, 0.6) is 5.75 Å². The minimum atomic E-state index is 0.125. The second kappa shape index (κ2) is 6.73. The highest BCUT2D eigenvalue weighted by Crippen LogP contribution is 2.31. The number of para-hydroxylation sites is 1. The minimum Gasteiger partial charge on any atom is -0.493 e. The molecule has 1 heterocycles. The molecule has 1 aliphatic rings. The Morgan fingerprint density at radius 2 is 1.86 bits per heavy atom. The number of nitrogens with one attached hydrogen (secondary N) is 2. The Kier molecular flexibility index (Phi) is 4.71. The van der Waals surface area contributed by atoms with Gasteiger partial charge in [0.25, 0.3) is 0 Å². The Balaban J connectivity index is 1.70. The Bertz CT molecular complexity index is 688. The highest BCUT2D eigenvalue weighted by atomic mass is 35.5. The van der Waals surface area contributed by atoms with E-state index in [-0.39, 0.29) is 6.04 Å². The third kappa shape index (κ3) is 3.64. The molecule has 0 spiro atoms. The second-order valence-electron chi connectivity index (χ2n) is 4.98. The minimum absolute atomic E-state index is 0.125. The summed E-state index contributed by atoms with van der Waals surface area (Å²) in [4.78, 5) is 0. The Morgan fingerprint density at radius 1 is 1.14 bits per heavy atom. The van der Waals surface area contributed by atoms with Crippen LogP contribution in [0.1, 0.15) is 18.0 Å². The monoisotopic (exact) mass is 352 g/mol. The van der Waals surface area contributed by atoms with Gasteiger partial charge < -0.3 is 15.4 Å². The lowest BCUT2D eigenvalue weighted by atomic mass is 10.0. The van der Waals surface area contributed by atoms with Crippen LogP contribution in [0.3, 0.4) is 0 Å². The first kappa shape index (κ1) is 15.4. The number of rotatable bonds is 2. The molecule has 0 saturated carbocycles. The summed E-state index contributed by atoms with van der Waals surface area (Å²) in [6.45, 7) is 0.667. The molecule has 2 N–H and O–H groups in total. The third-order valence-corrected chi connectivity index (χ3v) is 4.04. The van der Waals surface area contributed by atoms with Crippen molar-refractivity contribution in [3.8, 4) is 5.75 Å². The molecule has 0 aliphatic carbocycles. The van der Waals surface area contributed by atoms with Gasteiger partial charge in [-0.25, -0.2) is 0 Å². The molecule has 0 amide bonds. The molecule has 0 saturated heterocycles. The van der Waals surface area contributed by atoms with Crippen LogP contribution in [0.15, 0.2) is 42.5 Å². The zero-order valence-corrected chi connectivity index (χ0v) is 13.9. The SMILES string of the molecule is S=C(Nc1cc(Cl)cc(Cl)c1)N[C@@H]1CCOc2ccccc21. The van der Waals surface area contributed by atoms with E-state index >= 15 is 0 Å². The molecule has 3 nitrogen and oxygen atoms in total. The molecular formula is C16H14Cl2N2OS. The summed E-state index contributed by atoms with van der Waals surface area (Å²) in [5.41, 5.74) is 1.87. The van der Waals surface area contributed by atoms with Crippen LogP contribution >= 0.6 is 35.4 Å². The summed E-state index contributed by atoms with van der Waals surface area (Å²) in [6, 6.07) is 13.3. The molecule has 0 bridgehead atoms. The third-order valence-electron chi connectivity index (χ3n) is 3.38. The number of halogens is 2. The van der Waals surface area contributed by atoms with E-state index in [0.29, 0.717) is 21.8 Å². The number of ether oxygens (including phenoxy) is 1. The van der Waals surface area contributed by atoms with Crippen LogP contribution in [0.4, 0.5) is 5.69 Å². The van der Waals surface area contributed by atoms with Gasteiger partial charge in [0.1, 0.15) is 5.75 Å². The largest absolute Gasteiger partial charge is 0.493 e. The molecule has 22 heavy (non-hydrogen) atoms. The standard InChI is InChI=1S/C16H14Cl2N2OS/c17-10-7-11(18)9-12(8-10)19-16(22)20-14-5-6-21-15-4-2-1-3-13(14)15/h1-4,7-9,14H,5-6H2,(H2,19,20,22)/t14-/m1/s1. The molecule has 0 unspecified atom stereocenters. The van der Waals surface area contributed by atoms with Crippen LogP contribution < -0.4 is 15.4 Å². The number of fused-ring (bicyclic) bond motifs is 1. The van der Waals surface area contributed by atoms with E-state index in [2.05, 4.69) is 10.6 Å². The first-order chi connectivity index (χ1) is 10.6. The Hall–Kier alpha value is -1.49. The molecule has 6 heteroatoms. The zero-order valence-electron chi connectivity index (χ0n) is 11.6. The van der Waals surface area contributed by atoms with Crippen molar-refractivity contribution >= 4 is 46.2 Å². The van der Waals surface area contributed by atoms with Gasteiger partial charge in [0, 0.05) is 27.7 Å². The highest BCUT2D eigenvalue weighted by molar-refractivity contribution is 7.80. The van der Waals surface area contributed by atoms with E-state index in [4.69, 9.17) is 40.2 Å². The predicted octanol–water partition coefficient (Wildman–Crippen LogP) is 4.80. The fraction of sp³-hybridized carbons (Fsp3) is 0.188. The fourth-order valence-electron chi connectivity index (χ4n) is 2.44. The van der Waals surface area contributed by atoms with Crippen molar-refractivity contribution < 1.29 is 4.74 Å². The average Bonchev–Trinajstić information content (AvgIpc) is 2.46. The molecule has 0 radical (unpaired) electrons. The lowest BCUT2D eigenvalue weighted by Crippen LogP contribution is -2.35.